The van der Waals surface area contributed by atoms with Gasteiger partial charge in [-0.25, -0.2) is 4.79 Å². The highest BCUT2D eigenvalue weighted by molar-refractivity contribution is 6.31. The second-order valence-electron chi connectivity index (χ2n) is 4.21. The van der Waals surface area contributed by atoms with Crippen LogP contribution in [0.25, 0.3) is 0 Å². The van der Waals surface area contributed by atoms with Crippen molar-refractivity contribution in [3.8, 4) is 0 Å². The fourth-order valence-corrected chi connectivity index (χ4v) is 2.39. The van der Waals surface area contributed by atoms with Crippen LogP contribution in [0, 0.1) is 6.92 Å². The molecule has 2 nitrogen and oxygen atoms in total. The molecule has 0 amide bonds. The van der Waals surface area contributed by atoms with Gasteiger partial charge in [-0.1, -0.05) is 24.6 Å². The summed E-state index contributed by atoms with van der Waals surface area (Å²) in [5, 5.41) is 0.727. The number of hydrogen-bond donors (Lipinski definition) is 0. The van der Waals surface area contributed by atoms with Gasteiger partial charge in [-0.2, -0.15) is 0 Å². The summed E-state index contributed by atoms with van der Waals surface area (Å²) in [6.07, 6.45) is 4.79. The second-order valence-corrected chi connectivity index (χ2v) is 4.62. The summed E-state index contributed by atoms with van der Waals surface area (Å²) in [5.74, 6) is 0.343. The van der Waals surface area contributed by atoms with E-state index in [-0.39, 0.29) is 11.8 Å². The molecule has 1 atom stereocenters. The summed E-state index contributed by atoms with van der Waals surface area (Å²) in [4.78, 5) is 12.0. The number of aromatic nitrogens is 1. The first-order valence-electron chi connectivity index (χ1n) is 5.50. The Labute approximate surface area is 101 Å². The summed E-state index contributed by atoms with van der Waals surface area (Å²) in [7, 11) is 0. The average Bonchev–Trinajstić information content (AvgIpc) is 2.27. The van der Waals surface area contributed by atoms with Gasteiger partial charge in [0.25, 0.3) is 0 Å². The highest BCUT2D eigenvalue weighted by Crippen LogP contribution is 2.29. The SMILES string of the molecule is CCC1C=C(C)C(=O)[n+]2ccc(Cl)c(C)c21. The predicted molar refractivity (Wildman–Crippen MR) is 63.8 cm³/mol. The smallest absolute Gasteiger partial charge is 0.214 e. The maximum Gasteiger partial charge on any atom is 0.420 e. The van der Waals surface area contributed by atoms with Crippen molar-refractivity contribution in [2.75, 3.05) is 0 Å². The van der Waals surface area contributed by atoms with Gasteiger partial charge in [-0.05, 0) is 20.3 Å². The summed E-state index contributed by atoms with van der Waals surface area (Å²) in [6, 6.07) is 1.78. The van der Waals surface area contributed by atoms with Crippen LogP contribution in [-0.2, 0) is 0 Å². The lowest BCUT2D eigenvalue weighted by Crippen LogP contribution is -2.50. The van der Waals surface area contributed by atoms with Crippen molar-refractivity contribution < 1.29 is 9.36 Å². The fourth-order valence-electron chi connectivity index (χ4n) is 2.24. The van der Waals surface area contributed by atoms with Gasteiger partial charge in [-0.3, -0.25) is 0 Å². The number of carbonyl (C=O) groups is 1. The van der Waals surface area contributed by atoms with Crippen LogP contribution in [-0.4, -0.2) is 5.91 Å². The topological polar surface area (TPSA) is 20.9 Å². The zero-order chi connectivity index (χ0) is 11.9. The standard InChI is InChI=1S/C13H15ClNO/c1-4-10-7-8(2)13(16)15-6-5-11(14)9(3)12(10)15/h5-7,10H,4H2,1-3H3/q+1. The molecule has 2 rings (SSSR count). The molecule has 1 unspecified atom stereocenters. The van der Waals surface area contributed by atoms with Gasteiger partial charge < -0.3 is 0 Å². The molecule has 2 heterocycles. The van der Waals surface area contributed by atoms with Crippen LogP contribution in [0.3, 0.4) is 0 Å². The highest BCUT2D eigenvalue weighted by atomic mass is 35.5. The molecular formula is C13H15ClNO+. The minimum Gasteiger partial charge on any atom is -0.214 e. The van der Waals surface area contributed by atoms with E-state index in [1.54, 1.807) is 16.8 Å². The molecular weight excluding hydrogens is 222 g/mol. The molecule has 0 spiro atoms. The Morgan fingerprint density at radius 3 is 2.75 bits per heavy atom. The van der Waals surface area contributed by atoms with Gasteiger partial charge in [0.1, 0.15) is 0 Å². The molecule has 1 aromatic rings. The maximum atomic E-state index is 12.0. The fraction of sp³-hybridized carbons (Fsp3) is 0.385. The van der Waals surface area contributed by atoms with Crippen molar-refractivity contribution >= 4 is 17.5 Å². The number of rotatable bonds is 1. The number of carbonyl (C=O) groups excluding carboxylic acids is 1. The first-order chi connectivity index (χ1) is 7.56. The molecule has 0 saturated heterocycles. The molecule has 0 aliphatic carbocycles. The molecule has 0 aromatic carbocycles. The minimum atomic E-state index is 0.0551. The van der Waals surface area contributed by atoms with E-state index in [2.05, 4.69) is 6.92 Å². The summed E-state index contributed by atoms with van der Waals surface area (Å²) < 4.78 is 1.73. The molecule has 84 valence electrons. The molecule has 0 radical (unpaired) electrons. The third-order valence-electron chi connectivity index (χ3n) is 3.17. The molecule has 3 heteroatoms. The Bertz CT molecular complexity index is 491. The quantitative estimate of drug-likeness (QED) is 0.687. The van der Waals surface area contributed by atoms with Crippen molar-refractivity contribution in [2.24, 2.45) is 0 Å². The Morgan fingerprint density at radius 2 is 2.12 bits per heavy atom. The van der Waals surface area contributed by atoms with E-state index >= 15 is 0 Å². The lowest BCUT2D eigenvalue weighted by Gasteiger charge is -2.17. The zero-order valence-electron chi connectivity index (χ0n) is 9.75. The zero-order valence-corrected chi connectivity index (χ0v) is 10.5. The van der Waals surface area contributed by atoms with Crippen LogP contribution in [0.5, 0.6) is 0 Å². The van der Waals surface area contributed by atoms with Crippen molar-refractivity contribution in [1.82, 2.24) is 0 Å². The largest absolute Gasteiger partial charge is 0.420 e. The molecule has 1 aliphatic rings. The van der Waals surface area contributed by atoms with Gasteiger partial charge >= 0.3 is 5.91 Å². The van der Waals surface area contributed by atoms with E-state index in [0.717, 1.165) is 28.3 Å². The average molecular weight is 237 g/mol. The number of nitrogens with zero attached hydrogens (tertiary/aromatic N) is 1. The Balaban J connectivity index is 2.70. The van der Waals surface area contributed by atoms with Crippen LogP contribution in [0.1, 0.15) is 42.2 Å². The van der Waals surface area contributed by atoms with E-state index in [1.165, 1.54) is 0 Å². The third kappa shape index (κ3) is 1.57. The molecule has 0 fully saturated rings. The van der Waals surface area contributed by atoms with Crippen LogP contribution in [0.2, 0.25) is 5.02 Å². The molecule has 0 bridgehead atoms. The predicted octanol–water partition coefficient (Wildman–Crippen LogP) is 3.03. The highest BCUT2D eigenvalue weighted by Gasteiger charge is 2.33. The monoisotopic (exact) mass is 236 g/mol. The van der Waals surface area contributed by atoms with E-state index in [1.807, 2.05) is 19.9 Å². The van der Waals surface area contributed by atoms with Gasteiger partial charge in [0.2, 0.25) is 5.69 Å². The summed E-state index contributed by atoms with van der Waals surface area (Å²) in [5.41, 5.74) is 2.85. The van der Waals surface area contributed by atoms with Gasteiger partial charge in [0.05, 0.1) is 16.5 Å². The molecule has 0 saturated carbocycles. The van der Waals surface area contributed by atoms with Crippen molar-refractivity contribution in [3.63, 3.8) is 0 Å². The Morgan fingerprint density at radius 1 is 1.44 bits per heavy atom. The van der Waals surface area contributed by atoms with Crippen molar-refractivity contribution in [1.29, 1.82) is 0 Å². The first-order valence-corrected chi connectivity index (χ1v) is 5.87. The summed E-state index contributed by atoms with van der Waals surface area (Å²) in [6.45, 7) is 5.96. The third-order valence-corrected chi connectivity index (χ3v) is 3.58. The van der Waals surface area contributed by atoms with Gasteiger partial charge in [0, 0.05) is 11.6 Å². The molecule has 0 N–H and O–H groups in total. The number of halogens is 1. The maximum absolute atomic E-state index is 12.0. The van der Waals surface area contributed by atoms with Crippen LogP contribution < -0.4 is 4.57 Å². The van der Waals surface area contributed by atoms with E-state index in [4.69, 9.17) is 11.6 Å². The van der Waals surface area contributed by atoms with Crippen molar-refractivity contribution in [2.45, 2.75) is 33.1 Å². The Hall–Kier alpha value is -1.15. The molecule has 16 heavy (non-hydrogen) atoms. The summed E-state index contributed by atoms with van der Waals surface area (Å²) >= 11 is 6.11. The number of hydrogen-bond acceptors (Lipinski definition) is 1. The number of pyridine rings is 1. The van der Waals surface area contributed by atoms with Crippen LogP contribution >= 0.6 is 11.6 Å². The van der Waals surface area contributed by atoms with Gasteiger partial charge in [-0.15, -0.1) is 4.57 Å². The lowest BCUT2D eigenvalue weighted by molar-refractivity contribution is -0.582. The van der Waals surface area contributed by atoms with Crippen molar-refractivity contribution in [3.05, 3.63) is 40.2 Å². The molecule has 1 aliphatic heterocycles. The minimum absolute atomic E-state index is 0.0551. The Kier molecular flexibility index (Phi) is 2.85. The normalized spacial score (nSPS) is 19.4. The lowest BCUT2D eigenvalue weighted by atomic mass is 9.92. The van der Waals surface area contributed by atoms with Gasteiger partial charge in [0.15, 0.2) is 6.20 Å². The van der Waals surface area contributed by atoms with Crippen LogP contribution in [0.15, 0.2) is 23.9 Å². The number of allylic oxidation sites excluding steroid dienone is 2. The van der Waals surface area contributed by atoms with Crippen LogP contribution in [0.4, 0.5) is 0 Å². The van der Waals surface area contributed by atoms with E-state index < -0.39 is 0 Å². The number of fused-ring (bicyclic) bond motifs is 1. The van der Waals surface area contributed by atoms with E-state index in [0.29, 0.717) is 0 Å². The molecule has 1 aromatic heterocycles. The van der Waals surface area contributed by atoms with E-state index in [9.17, 15) is 4.79 Å². The first kappa shape index (κ1) is 11.3. The second kappa shape index (κ2) is 4.02.